The van der Waals surface area contributed by atoms with Gasteiger partial charge in [0.25, 0.3) is 5.69 Å². The Hall–Kier alpha value is -2.40. The van der Waals surface area contributed by atoms with E-state index in [1.807, 2.05) is 18.2 Å². The third-order valence-electron chi connectivity index (χ3n) is 4.23. The van der Waals surface area contributed by atoms with Crippen LogP contribution in [0.1, 0.15) is 23.6 Å². The lowest BCUT2D eigenvalue weighted by Gasteiger charge is -2.37. The molecule has 0 spiro atoms. The minimum absolute atomic E-state index is 0.0438. The second-order valence-corrected chi connectivity index (χ2v) is 5.53. The number of hydrogen-bond donors (Lipinski definition) is 1. The molecule has 22 heavy (non-hydrogen) atoms. The van der Waals surface area contributed by atoms with Crippen LogP contribution in [0.2, 0.25) is 0 Å². The molecule has 1 aliphatic heterocycles. The molecule has 0 amide bonds. The largest absolute Gasteiger partial charge is 0.363 e. The summed E-state index contributed by atoms with van der Waals surface area (Å²) in [7, 11) is 0. The predicted molar refractivity (Wildman–Crippen MR) is 87.0 cm³/mol. The molecule has 5 nitrogen and oxygen atoms in total. The molecule has 2 aromatic rings. The quantitative estimate of drug-likeness (QED) is 0.695. The summed E-state index contributed by atoms with van der Waals surface area (Å²) in [5, 5.41) is 10.8. The van der Waals surface area contributed by atoms with E-state index < -0.39 is 0 Å². The van der Waals surface area contributed by atoms with E-state index in [0.29, 0.717) is 6.54 Å². The average molecular weight is 297 g/mol. The van der Waals surface area contributed by atoms with Crippen LogP contribution in [0.15, 0.2) is 48.5 Å². The van der Waals surface area contributed by atoms with Crippen molar-refractivity contribution in [2.45, 2.75) is 18.9 Å². The maximum Gasteiger partial charge on any atom is 0.269 e. The second kappa shape index (κ2) is 6.15. The van der Waals surface area contributed by atoms with Crippen LogP contribution in [0, 0.1) is 10.1 Å². The summed E-state index contributed by atoms with van der Waals surface area (Å²) in [6, 6.07) is 15.2. The topological polar surface area (TPSA) is 72.4 Å². The van der Waals surface area contributed by atoms with E-state index in [1.54, 1.807) is 12.1 Å². The van der Waals surface area contributed by atoms with Crippen LogP contribution < -0.4 is 10.6 Å². The van der Waals surface area contributed by atoms with Gasteiger partial charge in [-0.1, -0.05) is 30.3 Å². The number of anilines is 1. The van der Waals surface area contributed by atoms with Crippen LogP contribution >= 0.6 is 0 Å². The molecule has 0 bridgehead atoms. The van der Waals surface area contributed by atoms with Gasteiger partial charge in [-0.3, -0.25) is 10.1 Å². The highest BCUT2D eigenvalue weighted by Gasteiger charge is 2.24. The van der Waals surface area contributed by atoms with E-state index in [2.05, 4.69) is 23.1 Å². The van der Waals surface area contributed by atoms with E-state index in [9.17, 15) is 10.1 Å². The molecular weight excluding hydrogens is 278 g/mol. The SMILES string of the molecule is NCC(c1ccc([N+](=O)[O-])cc1)N1CCCc2ccccc21. The van der Waals surface area contributed by atoms with Gasteiger partial charge in [0.2, 0.25) is 0 Å². The van der Waals surface area contributed by atoms with Crippen molar-refractivity contribution in [1.29, 1.82) is 0 Å². The zero-order valence-electron chi connectivity index (χ0n) is 12.3. The molecule has 1 heterocycles. The fraction of sp³-hybridized carbons (Fsp3) is 0.294. The van der Waals surface area contributed by atoms with Crippen LogP contribution in [0.5, 0.6) is 0 Å². The lowest BCUT2D eigenvalue weighted by Crippen LogP contribution is -2.37. The van der Waals surface area contributed by atoms with Crippen molar-refractivity contribution in [2.24, 2.45) is 5.73 Å². The van der Waals surface area contributed by atoms with Gasteiger partial charge in [0.15, 0.2) is 0 Å². The third kappa shape index (κ3) is 2.67. The van der Waals surface area contributed by atoms with Crippen molar-refractivity contribution in [3.05, 3.63) is 69.8 Å². The maximum absolute atomic E-state index is 10.8. The van der Waals surface area contributed by atoms with Crippen molar-refractivity contribution in [1.82, 2.24) is 0 Å². The number of fused-ring (bicyclic) bond motifs is 1. The Morgan fingerprint density at radius 1 is 1.18 bits per heavy atom. The molecule has 0 saturated heterocycles. The summed E-state index contributed by atoms with van der Waals surface area (Å²) in [5.41, 5.74) is 9.71. The van der Waals surface area contributed by atoms with Gasteiger partial charge >= 0.3 is 0 Å². The van der Waals surface area contributed by atoms with Crippen LogP contribution in [0.25, 0.3) is 0 Å². The first-order valence-corrected chi connectivity index (χ1v) is 7.49. The van der Waals surface area contributed by atoms with Gasteiger partial charge in [0, 0.05) is 30.9 Å². The van der Waals surface area contributed by atoms with Crippen molar-refractivity contribution in [2.75, 3.05) is 18.0 Å². The zero-order valence-corrected chi connectivity index (χ0v) is 12.3. The molecule has 0 radical (unpaired) electrons. The van der Waals surface area contributed by atoms with Crippen molar-refractivity contribution in [3.8, 4) is 0 Å². The number of nitro groups is 1. The van der Waals surface area contributed by atoms with Gasteiger partial charge in [0.1, 0.15) is 0 Å². The Morgan fingerprint density at radius 3 is 2.59 bits per heavy atom. The Bertz CT molecular complexity index is 670. The number of rotatable bonds is 4. The van der Waals surface area contributed by atoms with Crippen LogP contribution in [0.3, 0.4) is 0 Å². The third-order valence-corrected chi connectivity index (χ3v) is 4.23. The Morgan fingerprint density at radius 2 is 1.91 bits per heavy atom. The molecule has 0 saturated carbocycles. The molecule has 0 aromatic heterocycles. The number of hydrogen-bond acceptors (Lipinski definition) is 4. The van der Waals surface area contributed by atoms with Gasteiger partial charge in [-0.2, -0.15) is 0 Å². The second-order valence-electron chi connectivity index (χ2n) is 5.53. The fourth-order valence-electron chi connectivity index (χ4n) is 3.15. The van der Waals surface area contributed by atoms with E-state index >= 15 is 0 Å². The minimum Gasteiger partial charge on any atom is -0.363 e. The van der Waals surface area contributed by atoms with Gasteiger partial charge in [-0.15, -0.1) is 0 Å². The lowest BCUT2D eigenvalue weighted by molar-refractivity contribution is -0.384. The van der Waals surface area contributed by atoms with Crippen LogP contribution in [-0.4, -0.2) is 18.0 Å². The highest BCUT2D eigenvalue weighted by molar-refractivity contribution is 5.57. The van der Waals surface area contributed by atoms with Gasteiger partial charge in [-0.05, 0) is 30.0 Å². The van der Waals surface area contributed by atoms with Gasteiger partial charge in [-0.25, -0.2) is 0 Å². The standard InChI is InChI=1S/C17H19N3O2/c18-12-17(14-7-9-15(10-8-14)20(21)22)19-11-3-5-13-4-1-2-6-16(13)19/h1-2,4,6-10,17H,3,5,11-12,18H2. The molecule has 1 aliphatic rings. The molecule has 3 rings (SSSR count). The monoisotopic (exact) mass is 297 g/mol. The van der Waals surface area contributed by atoms with Gasteiger partial charge in [0.05, 0.1) is 11.0 Å². The van der Waals surface area contributed by atoms with Gasteiger partial charge < -0.3 is 10.6 Å². The molecule has 1 atom stereocenters. The molecule has 114 valence electrons. The number of aryl methyl sites for hydroxylation is 1. The molecule has 2 aromatic carbocycles. The lowest BCUT2D eigenvalue weighted by atomic mass is 9.97. The van der Waals surface area contributed by atoms with Crippen molar-refractivity contribution >= 4 is 11.4 Å². The van der Waals surface area contributed by atoms with E-state index in [1.165, 1.54) is 11.3 Å². The van der Waals surface area contributed by atoms with Crippen LogP contribution in [-0.2, 0) is 6.42 Å². The summed E-state index contributed by atoms with van der Waals surface area (Å²) in [5.74, 6) is 0. The zero-order chi connectivity index (χ0) is 15.5. The van der Waals surface area contributed by atoms with E-state index in [-0.39, 0.29) is 16.7 Å². The molecule has 1 unspecified atom stereocenters. The minimum atomic E-state index is -0.378. The Balaban J connectivity index is 1.93. The molecule has 5 heteroatoms. The molecular formula is C17H19N3O2. The Labute approximate surface area is 129 Å². The maximum atomic E-state index is 10.8. The average Bonchev–Trinajstić information content (AvgIpc) is 2.56. The van der Waals surface area contributed by atoms with E-state index in [0.717, 1.165) is 24.9 Å². The first kappa shape index (κ1) is 14.5. The Kier molecular flexibility index (Phi) is 4.06. The first-order valence-electron chi connectivity index (χ1n) is 7.49. The highest BCUT2D eigenvalue weighted by Crippen LogP contribution is 2.34. The smallest absolute Gasteiger partial charge is 0.269 e. The summed E-state index contributed by atoms with van der Waals surface area (Å²) in [6.07, 6.45) is 2.19. The number of nitrogens with zero attached hydrogens (tertiary/aromatic N) is 2. The predicted octanol–water partition coefficient (Wildman–Crippen LogP) is 3.05. The summed E-state index contributed by atoms with van der Waals surface area (Å²) in [6.45, 7) is 1.43. The van der Waals surface area contributed by atoms with E-state index in [4.69, 9.17) is 5.73 Å². The number of non-ortho nitro benzene ring substituents is 1. The number of benzene rings is 2. The van der Waals surface area contributed by atoms with Crippen LogP contribution in [0.4, 0.5) is 11.4 Å². The number of para-hydroxylation sites is 1. The molecule has 0 fully saturated rings. The summed E-state index contributed by atoms with van der Waals surface area (Å²) in [4.78, 5) is 12.7. The summed E-state index contributed by atoms with van der Waals surface area (Å²) >= 11 is 0. The van der Waals surface area contributed by atoms with Crippen molar-refractivity contribution in [3.63, 3.8) is 0 Å². The molecule has 2 N–H and O–H groups in total. The number of nitro benzene ring substituents is 1. The first-order chi connectivity index (χ1) is 10.7. The fourth-order valence-corrected chi connectivity index (χ4v) is 3.15. The normalized spacial score (nSPS) is 15.2. The number of nitrogens with two attached hydrogens (primary N) is 1. The van der Waals surface area contributed by atoms with Crippen molar-refractivity contribution < 1.29 is 4.92 Å². The summed E-state index contributed by atoms with van der Waals surface area (Å²) < 4.78 is 0. The molecule has 0 aliphatic carbocycles. The highest BCUT2D eigenvalue weighted by atomic mass is 16.6.